The lowest BCUT2D eigenvalue weighted by Gasteiger charge is -2.39. The Kier molecular flexibility index (Phi) is 35.4. The quantitative estimate of drug-likeness (QED) is 0.0333. The van der Waals surface area contributed by atoms with E-state index >= 15 is 0 Å². The number of carbonyl (C=O) groups is 11. The van der Waals surface area contributed by atoms with Gasteiger partial charge in [-0.2, -0.15) is 0 Å². The maximum atomic E-state index is 14.4. The number of nitrogens with one attached hydrogen (secondary N) is 7. The molecule has 9 amide bonds. The van der Waals surface area contributed by atoms with Crippen LogP contribution in [0, 0.1) is 17.8 Å². The Balaban J connectivity index is 1.94. The third kappa shape index (κ3) is 28.9. The van der Waals surface area contributed by atoms with E-state index in [1.54, 1.807) is 49.8 Å². The number of aliphatic carboxylic acids is 1. The lowest BCUT2D eigenvalue weighted by molar-refractivity contribution is -0.147. The van der Waals surface area contributed by atoms with Crippen molar-refractivity contribution in [2.75, 3.05) is 81.4 Å². The van der Waals surface area contributed by atoms with Gasteiger partial charge in [0.25, 0.3) is 0 Å². The number of nitrogens with two attached hydrogens (primary N) is 1. The summed E-state index contributed by atoms with van der Waals surface area (Å²) in [6.45, 7) is 20.0. The first-order valence-corrected chi connectivity index (χ1v) is 31.8. The van der Waals surface area contributed by atoms with Crippen molar-refractivity contribution >= 4 is 65.3 Å². The summed E-state index contributed by atoms with van der Waals surface area (Å²) < 4.78 is 28.0. The summed E-state index contributed by atoms with van der Waals surface area (Å²) in [5, 5.41) is 28.1. The van der Waals surface area contributed by atoms with Crippen molar-refractivity contribution in [2.24, 2.45) is 23.5 Å². The highest BCUT2D eigenvalue weighted by Crippen LogP contribution is 2.30. The molecule has 0 bridgehead atoms. The number of carboxylic acids is 1. The van der Waals surface area contributed by atoms with E-state index in [0.717, 1.165) is 5.56 Å². The van der Waals surface area contributed by atoms with Gasteiger partial charge in [0.2, 0.25) is 47.3 Å². The lowest BCUT2D eigenvalue weighted by Crippen LogP contribution is -2.55. The van der Waals surface area contributed by atoms with E-state index in [1.807, 2.05) is 85.7 Å². The van der Waals surface area contributed by atoms with Crippen LogP contribution in [0.3, 0.4) is 0 Å². The minimum atomic E-state index is -1.49. The Morgan fingerprint density at radius 3 is 2.00 bits per heavy atom. The second-order valence-corrected chi connectivity index (χ2v) is 25.8. The topological polar surface area (TPSA) is 374 Å². The van der Waals surface area contributed by atoms with Crippen LogP contribution in [0.5, 0.6) is 0 Å². The first-order chi connectivity index (χ1) is 43.1. The van der Waals surface area contributed by atoms with Crippen molar-refractivity contribution in [3.8, 4) is 0 Å². The number of hydrogen-bond acceptors (Lipinski definition) is 18. The zero-order valence-corrected chi connectivity index (χ0v) is 57.2. The highest BCUT2D eigenvalue weighted by molar-refractivity contribution is 5.90. The summed E-state index contributed by atoms with van der Waals surface area (Å²) in [4.78, 5) is 149. The molecule has 4 unspecified atom stereocenters. The van der Waals surface area contributed by atoms with E-state index in [-0.39, 0.29) is 93.5 Å². The summed E-state index contributed by atoms with van der Waals surface area (Å²) in [7, 11) is 8.24. The van der Waals surface area contributed by atoms with Gasteiger partial charge in [-0.25, -0.2) is 14.4 Å². The molecule has 1 heterocycles. The second kappa shape index (κ2) is 40.2. The van der Waals surface area contributed by atoms with E-state index in [4.69, 9.17) is 29.4 Å². The van der Waals surface area contributed by atoms with Gasteiger partial charge in [-0.05, 0) is 105 Å². The van der Waals surface area contributed by atoms with Crippen molar-refractivity contribution in [2.45, 2.75) is 206 Å². The first-order valence-electron chi connectivity index (χ1n) is 31.8. The summed E-state index contributed by atoms with van der Waals surface area (Å²) in [6.07, 6.45) is -0.985. The van der Waals surface area contributed by atoms with Crippen molar-refractivity contribution in [3.05, 3.63) is 35.9 Å². The second-order valence-electron chi connectivity index (χ2n) is 25.8. The number of amides is 9. The molecule has 10 N–H and O–H groups in total. The SMILES string of the molecule is CC[C@H](C)[C@@H]([C@@H](CC(=O)N1CCC[C@H]1[C@H](OC)[C@@H](C)C(=O)N[C@@H](Cc1ccccc1)C(=O)NCCCOC(=O)C(C)NC(=O)CCC(NC(=O)CCNC(=O)OCC(N)C(=O)NC(C)(C)CCOC(C)(C)C)C(=O)O)OC)N(C)C(=O)CNC(=O)C(C(C)C)N(C)C. The molecule has 28 heteroatoms. The molecule has 1 aromatic carbocycles. The van der Waals surface area contributed by atoms with Gasteiger partial charge in [-0.15, -0.1) is 0 Å². The van der Waals surface area contributed by atoms with E-state index in [2.05, 4.69) is 37.2 Å². The Hall–Kier alpha value is -7.01. The van der Waals surface area contributed by atoms with Crippen LogP contribution in [-0.4, -0.2) is 232 Å². The number of esters is 1. The average Bonchev–Trinajstić information content (AvgIpc) is 1.69. The van der Waals surface area contributed by atoms with Crippen molar-refractivity contribution in [3.63, 3.8) is 0 Å². The van der Waals surface area contributed by atoms with Gasteiger partial charge in [-0.3, -0.25) is 43.3 Å². The molecule has 522 valence electrons. The van der Waals surface area contributed by atoms with Crippen molar-refractivity contribution in [1.82, 2.24) is 51.9 Å². The highest BCUT2D eigenvalue weighted by Gasteiger charge is 2.43. The third-order valence-electron chi connectivity index (χ3n) is 16.1. The van der Waals surface area contributed by atoms with Gasteiger partial charge in [0.05, 0.1) is 61.4 Å². The van der Waals surface area contributed by atoms with Crippen LogP contribution in [0.2, 0.25) is 0 Å². The maximum absolute atomic E-state index is 14.4. The fourth-order valence-corrected chi connectivity index (χ4v) is 10.8. The average molecular weight is 1300 g/mol. The smallest absolute Gasteiger partial charge is 0.407 e. The molecule has 92 heavy (non-hydrogen) atoms. The number of carboxylic acid groups (broad SMARTS) is 1. The van der Waals surface area contributed by atoms with Crippen LogP contribution in [0.1, 0.15) is 140 Å². The Morgan fingerprint density at radius 2 is 1.41 bits per heavy atom. The molecule has 0 saturated carbocycles. The minimum absolute atomic E-state index is 0.00942. The predicted octanol–water partition coefficient (Wildman–Crippen LogP) is 1.78. The fraction of sp³-hybridized carbons (Fsp3) is 0.734. The molecular weight excluding hydrogens is 1190 g/mol. The molecule has 11 atom stereocenters. The first kappa shape index (κ1) is 81.1. The van der Waals surface area contributed by atoms with Crippen molar-refractivity contribution in [1.29, 1.82) is 0 Å². The summed E-state index contributed by atoms with van der Waals surface area (Å²) in [5.74, 6) is -7.01. The number of likely N-dealkylation sites (N-methyl/N-ethyl adjacent to an activating group) is 2. The highest BCUT2D eigenvalue weighted by atomic mass is 16.6. The van der Waals surface area contributed by atoms with E-state index in [1.165, 1.54) is 21.1 Å². The van der Waals surface area contributed by atoms with E-state index < -0.39 is 127 Å². The molecule has 0 spiro atoms. The number of benzene rings is 1. The number of alkyl carbamates (subject to hydrolysis) is 1. The van der Waals surface area contributed by atoms with Crippen LogP contribution in [-0.2, 0) is 78.1 Å². The van der Waals surface area contributed by atoms with E-state index in [0.29, 0.717) is 38.8 Å². The number of nitrogens with zero attached hydrogens (tertiary/aromatic N) is 3. The van der Waals surface area contributed by atoms with Crippen LogP contribution in [0.25, 0.3) is 0 Å². The molecule has 0 aromatic heterocycles. The zero-order valence-electron chi connectivity index (χ0n) is 57.2. The number of rotatable bonds is 41. The van der Waals surface area contributed by atoms with Gasteiger partial charge >= 0.3 is 18.0 Å². The monoisotopic (exact) mass is 1300 g/mol. The number of hydrogen-bond donors (Lipinski definition) is 9. The van der Waals surface area contributed by atoms with Crippen LogP contribution in [0.15, 0.2) is 30.3 Å². The number of likely N-dealkylation sites (tertiary alicyclic amines) is 1. The molecule has 28 nitrogen and oxygen atoms in total. The van der Waals surface area contributed by atoms with Crippen molar-refractivity contribution < 1.29 is 81.5 Å². The van der Waals surface area contributed by atoms with Crippen LogP contribution < -0.4 is 43.0 Å². The van der Waals surface area contributed by atoms with Crippen LogP contribution in [0.4, 0.5) is 4.79 Å². The molecule has 0 aliphatic carbocycles. The Morgan fingerprint density at radius 1 is 0.761 bits per heavy atom. The number of methoxy groups -OCH3 is 2. The van der Waals surface area contributed by atoms with Gasteiger partial charge < -0.3 is 81.5 Å². The van der Waals surface area contributed by atoms with Gasteiger partial charge in [0.15, 0.2) is 0 Å². The van der Waals surface area contributed by atoms with Gasteiger partial charge in [0.1, 0.15) is 30.8 Å². The molecular formula is C64H109N11O17. The van der Waals surface area contributed by atoms with Crippen LogP contribution >= 0.6 is 0 Å². The summed E-state index contributed by atoms with van der Waals surface area (Å²) >= 11 is 0. The minimum Gasteiger partial charge on any atom is -0.480 e. The van der Waals surface area contributed by atoms with E-state index in [9.17, 15) is 57.8 Å². The molecule has 1 saturated heterocycles. The Labute approximate surface area is 543 Å². The Bertz CT molecular complexity index is 2540. The molecule has 2 rings (SSSR count). The lowest BCUT2D eigenvalue weighted by atomic mass is 9.90. The summed E-state index contributed by atoms with van der Waals surface area (Å²) in [6, 6.07) is 2.74. The predicted molar refractivity (Wildman–Crippen MR) is 343 cm³/mol. The zero-order chi connectivity index (χ0) is 69.6. The molecule has 1 aromatic rings. The number of ether oxygens (including phenoxy) is 5. The molecule has 1 aliphatic heterocycles. The molecule has 0 radical (unpaired) electrons. The number of carbonyl (C=O) groups excluding carboxylic acids is 10. The van der Waals surface area contributed by atoms with Gasteiger partial charge in [-0.1, -0.05) is 71.4 Å². The normalized spacial score (nSPS) is 16.6. The molecule has 1 fully saturated rings. The third-order valence-corrected chi connectivity index (χ3v) is 16.1. The summed E-state index contributed by atoms with van der Waals surface area (Å²) in [5.41, 5.74) is 5.67. The molecule has 1 aliphatic rings. The maximum Gasteiger partial charge on any atom is 0.407 e. The van der Waals surface area contributed by atoms with Gasteiger partial charge in [0, 0.05) is 72.3 Å². The standard InChI is InChI=1S/C64H109N11O17/c1-17-40(4)54(74(14)52(79)37-68-59(83)53(39(2)3)73(12)13)48(88-15)36-51(78)75-32-21-25-47(75)55(89-16)41(5)56(80)71-46(35-43-23-19-18-20-24-43)58(82)66-30-22-33-90-61(86)42(6)69-49(76)27-26-45(60(84)85)70-50(77)28-31-67-62(87)91-38-44(65)57(81)72-64(10,11)29-34-92-63(7,8)9/h18-20,23-24,39-42,44-48,53-55H,17,21-22,25-38,65H2,1-16H3,(H,66,82)(H,67,87)(H,68,83)(H,69,76)(H,70,77)(H,71,80)(H,72,81)(H,84,85)/t40-,41+,42?,44?,45?,46-,47-,48+,53?,54-,55+/m0/s1. The fourth-order valence-electron chi connectivity index (χ4n) is 10.8. The largest absolute Gasteiger partial charge is 0.480 e.